The number of hydrazone groups is 1. The predicted octanol–water partition coefficient (Wildman–Crippen LogP) is 3.55. The average Bonchev–Trinajstić information content (AvgIpc) is 2.94. The van der Waals surface area contributed by atoms with E-state index in [0.29, 0.717) is 10.3 Å². The van der Waals surface area contributed by atoms with Crippen LogP contribution in [0.2, 0.25) is 0 Å². The molecule has 3 N–H and O–H groups in total. The molecule has 0 aliphatic heterocycles. The summed E-state index contributed by atoms with van der Waals surface area (Å²) >= 11 is 5.03. The summed E-state index contributed by atoms with van der Waals surface area (Å²) in [6.07, 6.45) is 2.62. The molecule has 0 fully saturated rings. The Kier molecular flexibility index (Phi) is 4.34. The standard InChI is InChI=1S/C17H16N4OS/c1-2-11-3-5-12(6-4-11)10-18-21-16(22)13-7-8-14-15(9-13)20-17(23)19-14/h3-10H,2H2,1H3,(H,21,22)(H2,19,20,23)/b18-10-. The maximum atomic E-state index is 12.1. The minimum atomic E-state index is -0.270. The summed E-state index contributed by atoms with van der Waals surface area (Å²) < 4.78 is 0.533. The van der Waals surface area contributed by atoms with E-state index in [0.717, 1.165) is 23.0 Å². The van der Waals surface area contributed by atoms with Gasteiger partial charge in [0.05, 0.1) is 17.2 Å². The first-order valence-electron chi connectivity index (χ1n) is 7.30. The topological polar surface area (TPSA) is 73.0 Å². The van der Waals surface area contributed by atoms with Crippen LogP contribution in [0.25, 0.3) is 11.0 Å². The van der Waals surface area contributed by atoms with Crippen molar-refractivity contribution in [1.29, 1.82) is 0 Å². The number of benzene rings is 2. The molecule has 0 saturated carbocycles. The monoisotopic (exact) mass is 324 g/mol. The third-order valence-electron chi connectivity index (χ3n) is 3.55. The van der Waals surface area contributed by atoms with Gasteiger partial charge in [-0.1, -0.05) is 31.2 Å². The van der Waals surface area contributed by atoms with Crippen LogP contribution < -0.4 is 5.43 Å². The quantitative estimate of drug-likeness (QED) is 0.390. The normalized spacial score (nSPS) is 11.2. The molecule has 0 radical (unpaired) electrons. The zero-order chi connectivity index (χ0) is 16.2. The van der Waals surface area contributed by atoms with Gasteiger partial charge in [-0.3, -0.25) is 4.79 Å². The third-order valence-corrected chi connectivity index (χ3v) is 3.75. The maximum absolute atomic E-state index is 12.1. The number of amides is 1. The van der Waals surface area contributed by atoms with E-state index in [1.165, 1.54) is 5.56 Å². The number of carbonyl (C=O) groups excluding carboxylic acids is 1. The van der Waals surface area contributed by atoms with Crippen LogP contribution in [-0.4, -0.2) is 22.1 Å². The van der Waals surface area contributed by atoms with Gasteiger partial charge in [0.1, 0.15) is 0 Å². The number of imidazole rings is 1. The van der Waals surface area contributed by atoms with E-state index < -0.39 is 0 Å². The van der Waals surface area contributed by atoms with Crippen molar-refractivity contribution in [1.82, 2.24) is 15.4 Å². The number of carbonyl (C=O) groups is 1. The first kappa shape index (κ1) is 15.2. The zero-order valence-electron chi connectivity index (χ0n) is 12.6. The lowest BCUT2D eigenvalue weighted by Crippen LogP contribution is -2.17. The Hall–Kier alpha value is -2.73. The molecule has 23 heavy (non-hydrogen) atoms. The highest BCUT2D eigenvalue weighted by Gasteiger charge is 2.06. The smallest absolute Gasteiger partial charge is 0.271 e. The number of H-pyrrole nitrogens is 2. The van der Waals surface area contributed by atoms with Crippen LogP contribution in [0.15, 0.2) is 47.6 Å². The molecule has 3 aromatic rings. The Morgan fingerprint density at radius 2 is 1.91 bits per heavy atom. The minimum Gasteiger partial charge on any atom is -0.331 e. The summed E-state index contributed by atoms with van der Waals surface area (Å²) in [7, 11) is 0. The van der Waals surface area contributed by atoms with Gasteiger partial charge in [-0.05, 0) is 48.0 Å². The highest BCUT2D eigenvalue weighted by Crippen LogP contribution is 2.12. The van der Waals surface area contributed by atoms with Crippen LogP contribution in [0.1, 0.15) is 28.4 Å². The number of aryl methyl sites for hydroxylation is 1. The van der Waals surface area contributed by atoms with Crippen LogP contribution in [0.4, 0.5) is 0 Å². The third kappa shape index (κ3) is 3.54. The molecule has 0 saturated heterocycles. The maximum Gasteiger partial charge on any atom is 0.271 e. The Labute approximate surface area is 138 Å². The second kappa shape index (κ2) is 6.58. The van der Waals surface area contributed by atoms with Crippen molar-refractivity contribution >= 4 is 35.4 Å². The van der Waals surface area contributed by atoms with Crippen LogP contribution in [0.5, 0.6) is 0 Å². The van der Waals surface area contributed by atoms with Gasteiger partial charge in [0.2, 0.25) is 0 Å². The molecular formula is C17H16N4OS. The van der Waals surface area contributed by atoms with Crippen LogP contribution in [-0.2, 0) is 6.42 Å². The van der Waals surface area contributed by atoms with Crippen molar-refractivity contribution in [3.05, 3.63) is 63.9 Å². The van der Waals surface area contributed by atoms with Gasteiger partial charge in [-0.2, -0.15) is 5.10 Å². The molecule has 5 nitrogen and oxygen atoms in total. The summed E-state index contributed by atoms with van der Waals surface area (Å²) in [6, 6.07) is 13.3. The molecule has 1 amide bonds. The SMILES string of the molecule is CCc1ccc(/C=N\NC(=O)c2ccc3[nH]c(=S)[nH]c3c2)cc1. The Balaban J connectivity index is 1.69. The van der Waals surface area contributed by atoms with E-state index in [-0.39, 0.29) is 5.91 Å². The lowest BCUT2D eigenvalue weighted by Gasteiger charge is -2.00. The number of nitrogens with zero attached hydrogens (tertiary/aromatic N) is 1. The fraction of sp³-hybridized carbons (Fsp3) is 0.118. The molecule has 0 aliphatic rings. The van der Waals surface area contributed by atoms with Crippen molar-refractivity contribution in [3.8, 4) is 0 Å². The first-order chi connectivity index (χ1) is 11.2. The molecule has 0 spiro atoms. The van der Waals surface area contributed by atoms with Crippen LogP contribution in [0.3, 0.4) is 0 Å². The lowest BCUT2D eigenvalue weighted by molar-refractivity contribution is 0.0955. The van der Waals surface area contributed by atoms with E-state index >= 15 is 0 Å². The number of aromatic amines is 2. The van der Waals surface area contributed by atoms with E-state index in [4.69, 9.17) is 12.2 Å². The van der Waals surface area contributed by atoms with Gasteiger partial charge in [0.15, 0.2) is 4.77 Å². The zero-order valence-corrected chi connectivity index (χ0v) is 13.4. The van der Waals surface area contributed by atoms with Gasteiger partial charge in [0.25, 0.3) is 5.91 Å². The molecule has 0 unspecified atom stereocenters. The second-order valence-electron chi connectivity index (χ2n) is 5.13. The lowest BCUT2D eigenvalue weighted by atomic mass is 10.1. The van der Waals surface area contributed by atoms with Gasteiger partial charge in [-0.15, -0.1) is 0 Å². The van der Waals surface area contributed by atoms with Gasteiger partial charge < -0.3 is 9.97 Å². The Bertz CT molecular complexity index is 922. The number of rotatable bonds is 4. The van der Waals surface area contributed by atoms with E-state index in [9.17, 15) is 4.79 Å². The minimum absolute atomic E-state index is 0.270. The van der Waals surface area contributed by atoms with Crippen molar-refractivity contribution in [2.45, 2.75) is 13.3 Å². The number of aromatic nitrogens is 2. The fourth-order valence-electron chi connectivity index (χ4n) is 2.24. The van der Waals surface area contributed by atoms with Crippen molar-refractivity contribution in [3.63, 3.8) is 0 Å². The number of hydrogen-bond acceptors (Lipinski definition) is 3. The largest absolute Gasteiger partial charge is 0.331 e. The van der Waals surface area contributed by atoms with E-state index in [1.807, 2.05) is 30.3 Å². The van der Waals surface area contributed by atoms with Crippen molar-refractivity contribution < 1.29 is 4.79 Å². The Morgan fingerprint density at radius 1 is 1.17 bits per heavy atom. The fourth-order valence-corrected chi connectivity index (χ4v) is 2.46. The van der Waals surface area contributed by atoms with E-state index in [1.54, 1.807) is 18.3 Å². The van der Waals surface area contributed by atoms with E-state index in [2.05, 4.69) is 27.4 Å². The Morgan fingerprint density at radius 3 is 2.65 bits per heavy atom. The molecule has 0 bridgehead atoms. The summed E-state index contributed by atoms with van der Waals surface area (Å²) in [5, 5.41) is 4.00. The second-order valence-corrected chi connectivity index (χ2v) is 5.54. The van der Waals surface area contributed by atoms with Crippen molar-refractivity contribution in [2.75, 3.05) is 0 Å². The molecule has 1 aromatic heterocycles. The molecule has 3 rings (SSSR count). The van der Waals surface area contributed by atoms with Gasteiger partial charge in [-0.25, -0.2) is 5.43 Å². The molecule has 2 aromatic carbocycles. The molecule has 0 atom stereocenters. The molecule has 0 aliphatic carbocycles. The average molecular weight is 324 g/mol. The summed E-state index contributed by atoms with van der Waals surface area (Å²) in [4.78, 5) is 18.1. The summed E-state index contributed by atoms with van der Waals surface area (Å²) in [6.45, 7) is 2.11. The highest BCUT2D eigenvalue weighted by molar-refractivity contribution is 7.71. The predicted molar refractivity (Wildman–Crippen MR) is 94.4 cm³/mol. The number of fused-ring (bicyclic) bond motifs is 1. The first-order valence-corrected chi connectivity index (χ1v) is 7.71. The van der Waals surface area contributed by atoms with Crippen LogP contribution >= 0.6 is 12.2 Å². The molecule has 1 heterocycles. The molecule has 6 heteroatoms. The summed E-state index contributed by atoms with van der Waals surface area (Å²) in [5.74, 6) is -0.270. The van der Waals surface area contributed by atoms with Crippen molar-refractivity contribution in [2.24, 2.45) is 5.10 Å². The molecular weight excluding hydrogens is 308 g/mol. The number of hydrogen-bond donors (Lipinski definition) is 3. The highest BCUT2D eigenvalue weighted by atomic mass is 32.1. The summed E-state index contributed by atoms with van der Waals surface area (Å²) in [5.41, 5.74) is 6.91. The molecule has 116 valence electrons. The number of nitrogens with one attached hydrogen (secondary N) is 3. The van der Waals surface area contributed by atoms with Crippen LogP contribution in [0, 0.1) is 4.77 Å². The van der Waals surface area contributed by atoms with Gasteiger partial charge >= 0.3 is 0 Å². The van der Waals surface area contributed by atoms with Gasteiger partial charge in [0, 0.05) is 5.56 Å².